The molecule has 2 heterocycles. The fraction of sp³-hybridized carbons (Fsp3) is 0.571. The second-order valence-corrected chi connectivity index (χ2v) is 9.52. The Morgan fingerprint density at radius 1 is 1.39 bits per heavy atom. The first-order valence-corrected chi connectivity index (χ1v) is 12.0. The Morgan fingerprint density at radius 2 is 2.25 bits per heavy atom. The maximum Gasteiger partial charge on any atom is 0.272 e. The highest BCUT2D eigenvalue weighted by Crippen LogP contribution is 2.22. The summed E-state index contributed by atoms with van der Waals surface area (Å²) in [5.41, 5.74) is 2.20. The minimum Gasteiger partial charge on any atom is -0.355 e. The number of thiophene rings is 1. The van der Waals surface area contributed by atoms with Crippen LogP contribution < -0.4 is 10.9 Å². The Labute approximate surface area is 174 Å². The summed E-state index contributed by atoms with van der Waals surface area (Å²) in [5, 5.41) is 5.54. The number of amides is 1. The van der Waals surface area contributed by atoms with Gasteiger partial charge in [0.1, 0.15) is 4.70 Å². The molecule has 0 unspecified atom stereocenters. The zero-order valence-corrected chi connectivity index (χ0v) is 18.3. The van der Waals surface area contributed by atoms with Crippen LogP contribution in [-0.2, 0) is 11.3 Å². The van der Waals surface area contributed by atoms with Crippen LogP contribution in [0.5, 0.6) is 0 Å². The van der Waals surface area contributed by atoms with Crippen LogP contribution >= 0.6 is 23.1 Å². The largest absolute Gasteiger partial charge is 0.355 e. The lowest BCUT2D eigenvalue weighted by Crippen LogP contribution is -2.28. The van der Waals surface area contributed by atoms with E-state index in [1.54, 1.807) is 4.57 Å². The average Bonchev–Trinajstić information content (AvgIpc) is 3.15. The van der Waals surface area contributed by atoms with Crippen LogP contribution in [0.3, 0.4) is 0 Å². The topological polar surface area (TPSA) is 64.0 Å². The number of thioether (sulfide) groups is 1. The van der Waals surface area contributed by atoms with E-state index in [1.165, 1.54) is 47.9 Å². The first-order chi connectivity index (χ1) is 13.5. The highest BCUT2D eigenvalue weighted by atomic mass is 32.2. The van der Waals surface area contributed by atoms with Crippen molar-refractivity contribution in [3.8, 4) is 0 Å². The molecule has 2 aromatic heterocycles. The van der Waals surface area contributed by atoms with E-state index in [9.17, 15) is 9.59 Å². The van der Waals surface area contributed by atoms with Crippen molar-refractivity contribution in [1.82, 2.24) is 14.9 Å². The quantitative estimate of drug-likeness (QED) is 0.366. The summed E-state index contributed by atoms with van der Waals surface area (Å²) in [6.07, 6.45) is 9.05. The summed E-state index contributed by atoms with van der Waals surface area (Å²) < 4.78 is 2.43. The van der Waals surface area contributed by atoms with Crippen LogP contribution in [0.4, 0.5) is 0 Å². The lowest BCUT2D eigenvalue weighted by molar-refractivity contribution is -0.118. The molecule has 0 aromatic carbocycles. The van der Waals surface area contributed by atoms with Crippen molar-refractivity contribution in [3.05, 3.63) is 33.4 Å². The van der Waals surface area contributed by atoms with Gasteiger partial charge in [0.05, 0.1) is 11.3 Å². The van der Waals surface area contributed by atoms with Crippen molar-refractivity contribution in [2.45, 2.75) is 64.1 Å². The molecule has 0 saturated carbocycles. The molecule has 5 nitrogen and oxygen atoms in total. The summed E-state index contributed by atoms with van der Waals surface area (Å²) in [4.78, 5) is 29.7. The van der Waals surface area contributed by atoms with E-state index < -0.39 is 0 Å². The van der Waals surface area contributed by atoms with Crippen molar-refractivity contribution < 1.29 is 4.79 Å². The Balaban J connectivity index is 1.60. The van der Waals surface area contributed by atoms with Gasteiger partial charge in [0, 0.05) is 13.1 Å². The SMILES string of the molecule is CC(C)CCn1c(SCC(=O)NCCC2=CCCCC2)nc2ccsc2c1=O. The van der Waals surface area contributed by atoms with E-state index in [4.69, 9.17) is 0 Å². The summed E-state index contributed by atoms with van der Waals surface area (Å²) in [6, 6.07) is 1.87. The number of nitrogens with zero attached hydrogens (tertiary/aromatic N) is 2. The molecule has 28 heavy (non-hydrogen) atoms. The maximum absolute atomic E-state index is 12.8. The molecule has 0 radical (unpaired) electrons. The van der Waals surface area contributed by atoms with Gasteiger partial charge in [-0.3, -0.25) is 14.2 Å². The molecule has 0 spiro atoms. The number of carbonyl (C=O) groups excluding carboxylic acids is 1. The number of rotatable bonds is 9. The molecular weight excluding hydrogens is 390 g/mol. The first-order valence-electron chi connectivity index (χ1n) is 10.1. The van der Waals surface area contributed by atoms with Crippen molar-refractivity contribution in [3.63, 3.8) is 0 Å². The molecule has 0 saturated heterocycles. The predicted octanol–water partition coefficient (Wildman–Crippen LogP) is 4.60. The van der Waals surface area contributed by atoms with Gasteiger partial charge in [0.2, 0.25) is 5.91 Å². The smallest absolute Gasteiger partial charge is 0.272 e. The predicted molar refractivity (Wildman–Crippen MR) is 118 cm³/mol. The third kappa shape index (κ3) is 5.70. The Hall–Kier alpha value is -1.60. The zero-order valence-electron chi connectivity index (χ0n) is 16.7. The summed E-state index contributed by atoms with van der Waals surface area (Å²) in [7, 11) is 0. The Morgan fingerprint density at radius 3 is 3.00 bits per heavy atom. The molecule has 0 bridgehead atoms. The number of nitrogens with one attached hydrogen (secondary N) is 1. The van der Waals surface area contributed by atoms with Gasteiger partial charge in [-0.05, 0) is 55.9 Å². The Kier molecular flexibility index (Phi) is 7.73. The number of hydrogen-bond donors (Lipinski definition) is 1. The van der Waals surface area contributed by atoms with Crippen LogP contribution in [0.2, 0.25) is 0 Å². The third-order valence-electron chi connectivity index (χ3n) is 4.95. The number of aromatic nitrogens is 2. The van der Waals surface area contributed by atoms with Crippen LogP contribution in [-0.4, -0.2) is 27.8 Å². The molecule has 0 aliphatic heterocycles. The van der Waals surface area contributed by atoms with E-state index >= 15 is 0 Å². The van der Waals surface area contributed by atoms with E-state index in [0.717, 1.165) is 24.8 Å². The summed E-state index contributed by atoms with van der Waals surface area (Å²) in [5.74, 6) is 0.778. The van der Waals surface area contributed by atoms with Gasteiger partial charge >= 0.3 is 0 Å². The van der Waals surface area contributed by atoms with Crippen LogP contribution in [0.25, 0.3) is 10.2 Å². The maximum atomic E-state index is 12.8. The highest BCUT2D eigenvalue weighted by molar-refractivity contribution is 7.99. The molecule has 7 heteroatoms. The lowest BCUT2D eigenvalue weighted by atomic mass is 9.97. The second-order valence-electron chi connectivity index (χ2n) is 7.67. The number of fused-ring (bicyclic) bond motifs is 1. The Bertz CT molecular complexity index is 899. The average molecular weight is 420 g/mol. The fourth-order valence-corrected chi connectivity index (χ4v) is 4.93. The second kappa shape index (κ2) is 10.3. The molecule has 1 aliphatic rings. The minimum absolute atomic E-state index is 0.00326. The molecular formula is C21H29N3O2S2. The number of carbonyl (C=O) groups is 1. The van der Waals surface area contributed by atoms with E-state index in [2.05, 4.69) is 30.2 Å². The normalized spacial score (nSPS) is 14.5. The molecule has 152 valence electrons. The van der Waals surface area contributed by atoms with Gasteiger partial charge in [-0.1, -0.05) is 37.3 Å². The van der Waals surface area contributed by atoms with E-state index in [1.807, 2.05) is 11.4 Å². The number of hydrogen-bond acceptors (Lipinski definition) is 5. The van der Waals surface area contributed by atoms with Crippen molar-refractivity contribution in [2.24, 2.45) is 5.92 Å². The minimum atomic E-state index is -0.00326. The standard InChI is InChI=1S/C21H29N3O2S2/c1-15(2)9-12-24-20(26)19-17(10-13-27-19)23-21(24)28-14-18(25)22-11-8-16-6-4-3-5-7-16/h6,10,13,15H,3-5,7-9,11-12,14H2,1-2H3,(H,22,25). The zero-order chi connectivity index (χ0) is 19.9. The van der Waals surface area contributed by atoms with Crippen molar-refractivity contribution in [2.75, 3.05) is 12.3 Å². The highest BCUT2D eigenvalue weighted by Gasteiger charge is 2.14. The van der Waals surface area contributed by atoms with Crippen LogP contribution in [0.1, 0.15) is 52.4 Å². The third-order valence-corrected chi connectivity index (χ3v) is 6.81. The van der Waals surface area contributed by atoms with Crippen LogP contribution in [0, 0.1) is 5.92 Å². The molecule has 1 amide bonds. The summed E-state index contributed by atoms with van der Waals surface area (Å²) in [6.45, 7) is 5.60. The molecule has 1 N–H and O–H groups in total. The van der Waals surface area contributed by atoms with E-state index in [-0.39, 0.29) is 17.2 Å². The summed E-state index contributed by atoms with van der Waals surface area (Å²) >= 11 is 2.79. The van der Waals surface area contributed by atoms with Gasteiger partial charge in [-0.2, -0.15) is 0 Å². The van der Waals surface area contributed by atoms with Gasteiger partial charge in [0.15, 0.2) is 5.16 Å². The molecule has 2 aromatic rings. The first kappa shape index (κ1) is 21.1. The van der Waals surface area contributed by atoms with Gasteiger partial charge < -0.3 is 5.32 Å². The number of allylic oxidation sites excluding steroid dienone is 1. The fourth-order valence-electron chi connectivity index (χ4n) is 3.29. The molecule has 1 aliphatic carbocycles. The van der Waals surface area contributed by atoms with Gasteiger partial charge in [-0.15, -0.1) is 11.3 Å². The van der Waals surface area contributed by atoms with E-state index in [0.29, 0.717) is 28.9 Å². The van der Waals surface area contributed by atoms with Gasteiger partial charge in [0.25, 0.3) is 5.56 Å². The van der Waals surface area contributed by atoms with Crippen molar-refractivity contribution in [1.29, 1.82) is 0 Å². The monoisotopic (exact) mass is 419 g/mol. The molecule has 0 atom stereocenters. The van der Waals surface area contributed by atoms with Crippen LogP contribution in [0.15, 0.2) is 33.0 Å². The van der Waals surface area contributed by atoms with Crippen molar-refractivity contribution >= 4 is 39.2 Å². The molecule has 3 rings (SSSR count). The van der Waals surface area contributed by atoms with Gasteiger partial charge in [-0.25, -0.2) is 4.98 Å². The lowest BCUT2D eigenvalue weighted by Gasteiger charge is -2.14. The molecule has 0 fully saturated rings.